The summed E-state index contributed by atoms with van der Waals surface area (Å²) >= 11 is 0. The number of hydrogen-bond acceptors (Lipinski definition) is 4. The summed E-state index contributed by atoms with van der Waals surface area (Å²) in [5, 5.41) is 4.53. The van der Waals surface area contributed by atoms with Gasteiger partial charge in [-0.1, -0.05) is 37.3 Å². The minimum absolute atomic E-state index is 0.471. The molecule has 1 aromatic carbocycles. The van der Waals surface area contributed by atoms with Crippen molar-refractivity contribution in [3.05, 3.63) is 42.0 Å². The number of carbonyl (C=O) groups excluding carboxylic acids is 3. The van der Waals surface area contributed by atoms with Crippen molar-refractivity contribution in [2.24, 2.45) is 0 Å². The predicted molar refractivity (Wildman–Crippen MR) is 78.3 cm³/mol. The van der Waals surface area contributed by atoms with Gasteiger partial charge in [-0.2, -0.15) is 0 Å². The van der Waals surface area contributed by atoms with E-state index in [4.69, 9.17) is 4.74 Å². The van der Waals surface area contributed by atoms with Crippen LogP contribution >= 0.6 is 0 Å². The van der Waals surface area contributed by atoms with Crippen LogP contribution in [0.15, 0.2) is 36.4 Å². The first kappa shape index (κ1) is 16.4. The molecule has 0 heterocycles. The molecule has 0 aliphatic carbocycles. The lowest BCUT2D eigenvalue weighted by Crippen LogP contribution is -2.41. The number of nitrogens with one attached hydrogen (secondary N) is 2. The van der Waals surface area contributed by atoms with Crippen molar-refractivity contribution in [3.8, 4) is 0 Å². The maximum atomic E-state index is 11.4. The monoisotopic (exact) mass is 290 g/mol. The van der Waals surface area contributed by atoms with Crippen LogP contribution in [0.25, 0.3) is 6.08 Å². The molecule has 0 saturated carbocycles. The van der Waals surface area contributed by atoms with Crippen molar-refractivity contribution in [2.75, 3.05) is 13.2 Å². The Morgan fingerprint density at radius 2 is 1.90 bits per heavy atom. The van der Waals surface area contributed by atoms with Gasteiger partial charge in [0.1, 0.15) is 0 Å². The minimum atomic E-state index is -0.676. The molecule has 0 aliphatic rings. The molecular formula is C15H18N2O4. The lowest BCUT2D eigenvalue weighted by Gasteiger charge is -2.05. The van der Waals surface area contributed by atoms with Crippen LogP contribution < -0.4 is 10.6 Å². The predicted octanol–water partition coefficient (Wildman–Crippen LogP) is 1.48. The molecule has 0 bridgehead atoms. The van der Waals surface area contributed by atoms with Crippen LogP contribution in [-0.4, -0.2) is 31.1 Å². The van der Waals surface area contributed by atoms with Crippen LogP contribution in [0, 0.1) is 0 Å². The van der Waals surface area contributed by atoms with E-state index >= 15 is 0 Å². The Morgan fingerprint density at radius 3 is 2.57 bits per heavy atom. The Balaban J connectivity index is 2.28. The third-order valence-electron chi connectivity index (χ3n) is 2.35. The molecule has 0 atom stereocenters. The number of hydrogen-bond donors (Lipinski definition) is 2. The van der Waals surface area contributed by atoms with Crippen LogP contribution in [0.2, 0.25) is 0 Å². The first-order valence-corrected chi connectivity index (χ1v) is 6.59. The summed E-state index contributed by atoms with van der Waals surface area (Å²) < 4.78 is 4.71. The summed E-state index contributed by atoms with van der Waals surface area (Å²) in [4.78, 5) is 33.9. The molecular weight excluding hydrogens is 272 g/mol. The summed E-state index contributed by atoms with van der Waals surface area (Å²) in [5.74, 6) is -1.33. The normalized spacial score (nSPS) is 10.1. The molecule has 2 N–H and O–H groups in total. The van der Waals surface area contributed by atoms with Crippen molar-refractivity contribution >= 4 is 24.0 Å². The van der Waals surface area contributed by atoms with Gasteiger partial charge >= 0.3 is 12.0 Å². The summed E-state index contributed by atoms with van der Waals surface area (Å²) in [5.41, 5.74) is 0.845. The molecule has 21 heavy (non-hydrogen) atoms. The highest BCUT2D eigenvalue weighted by atomic mass is 16.5. The number of esters is 1. The molecule has 6 heteroatoms. The van der Waals surface area contributed by atoms with Crippen LogP contribution in [-0.2, 0) is 14.3 Å². The molecule has 0 spiro atoms. The van der Waals surface area contributed by atoms with Crippen LogP contribution in [0.4, 0.5) is 4.79 Å². The maximum absolute atomic E-state index is 11.4. The highest BCUT2D eigenvalue weighted by Gasteiger charge is 2.08. The lowest BCUT2D eigenvalue weighted by atomic mass is 10.2. The van der Waals surface area contributed by atoms with Crippen molar-refractivity contribution < 1.29 is 19.1 Å². The largest absolute Gasteiger partial charge is 0.452 e. The summed E-state index contributed by atoms with van der Waals surface area (Å²) in [6.45, 7) is 1.86. The van der Waals surface area contributed by atoms with Gasteiger partial charge in [0.2, 0.25) is 0 Å². The van der Waals surface area contributed by atoms with Crippen LogP contribution in [0.3, 0.4) is 0 Å². The van der Waals surface area contributed by atoms with E-state index in [0.29, 0.717) is 6.54 Å². The Kier molecular flexibility index (Phi) is 7.28. The van der Waals surface area contributed by atoms with E-state index < -0.39 is 24.5 Å². The van der Waals surface area contributed by atoms with Crippen molar-refractivity contribution in [3.63, 3.8) is 0 Å². The summed E-state index contributed by atoms with van der Waals surface area (Å²) in [6.07, 6.45) is 3.56. The Bertz CT molecular complexity index is 512. The number of urea groups is 1. The standard InChI is InChI=1S/C15H18N2O4/c1-2-10-16-15(20)17-13(18)11-21-14(19)9-8-12-6-4-3-5-7-12/h3-9H,2,10-11H2,1H3,(H2,16,17,18,20)/b9-8+. The Labute approximate surface area is 123 Å². The average molecular weight is 290 g/mol. The summed E-state index contributed by atoms with van der Waals surface area (Å²) in [7, 11) is 0. The van der Waals surface area contributed by atoms with Gasteiger partial charge in [-0.05, 0) is 18.1 Å². The Hall–Kier alpha value is -2.63. The zero-order valence-corrected chi connectivity index (χ0v) is 11.8. The lowest BCUT2D eigenvalue weighted by molar-refractivity contribution is -0.143. The van der Waals surface area contributed by atoms with Crippen LogP contribution in [0.5, 0.6) is 0 Å². The van der Waals surface area contributed by atoms with Gasteiger partial charge in [-0.15, -0.1) is 0 Å². The number of ether oxygens (including phenoxy) is 1. The van der Waals surface area contributed by atoms with Gasteiger partial charge in [0.25, 0.3) is 5.91 Å². The molecule has 0 aliphatic heterocycles. The number of carbonyl (C=O) groups is 3. The van der Waals surface area contributed by atoms with Crippen LogP contribution in [0.1, 0.15) is 18.9 Å². The fourth-order valence-corrected chi connectivity index (χ4v) is 1.36. The van der Waals surface area contributed by atoms with E-state index in [1.165, 1.54) is 6.08 Å². The van der Waals surface area contributed by atoms with Crippen molar-refractivity contribution in [2.45, 2.75) is 13.3 Å². The molecule has 0 unspecified atom stereocenters. The SMILES string of the molecule is CCCNC(=O)NC(=O)COC(=O)/C=C/c1ccccc1. The van der Waals surface area contributed by atoms with Gasteiger partial charge in [0.15, 0.2) is 6.61 Å². The molecule has 0 radical (unpaired) electrons. The zero-order chi connectivity index (χ0) is 15.5. The molecule has 1 rings (SSSR count). The van der Waals surface area contributed by atoms with Gasteiger partial charge in [-0.25, -0.2) is 9.59 Å². The van der Waals surface area contributed by atoms with Gasteiger partial charge in [-0.3, -0.25) is 10.1 Å². The number of imide groups is 1. The highest BCUT2D eigenvalue weighted by molar-refractivity contribution is 5.96. The second-order valence-electron chi connectivity index (χ2n) is 4.16. The van der Waals surface area contributed by atoms with Gasteiger partial charge in [0, 0.05) is 12.6 Å². The smallest absolute Gasteiger partial charge is 0.331 e. The van der Waals surface area contributed by atoms with E-state index in [-0.39, 0.29) is 0 Å². The fourth-order valence-electron chi connectivity index (χ4n) is 1.36. The average Bonchev–Trinajstić information content (AvgIpc) is 2.50. The van der Waals surface area contributed by atoms with E-state index in [1.807, 2.05) is 37.3 Å². The number of amides is 3. The second kappa shape index (κ2) is 9.30. The van der Waals surface area contributed by atoms with Crippen molar-refractivity contribution in [1.82, 2.24) is 10.6 Å². The number of rotatable bonds is 6. The fraction of sp³-hybridized carbons (Fsp3) is 0.267. The van der Waals surface area contributed by atoms with Gasteiger partial charge < -0.3 is 10.1 Å². The van der Waals surface area contributed by atoms with Crippen molar-refractivity contribution in [1.29, 1.82) is 0 Å². The second-order valence-corrected chi connectivity index (χ2v) is 4.16. The molecule has 0 fully saturated rings. The third kappa shape index (κ3) is 7.51. The maximum Gasteiger partial charge on any atom is 0.331 e. The molecule has 1 aromatic rings. The Morgan fingerprint density at radius 1 is 1.19 bits per heavy atom. The van der Waals surface area contributed by atoms with E-state index in [1.54, 1.807) is 6.08 Å². The molecule has 112 valence electrons. The molecule has 0 aromatic heterocycles. The first-order valence-electron chi connectivity index (χ1n) is 6.59. The highest BCUT2D eigenvalue weighted by Crippen LogP contribution is 2.00. The summed E-state index contributed by atoms with van der Waals surface area (Å²) in [6, 6.07) is 8.60. The van der Waals surface area contributed by atoms with Gasteiger partial charge in [0.05, 0.1) is 0 Å². The number of benzene rings is 1. The quantitative estimate of drug-likeness (QED) is 0.614. The molecule has 0 saturated heterocycles. The minimum Gasteiger partial charge on any atom is -0.452 e. The zero-order valence-electron chi connectivity index (χ0n) is 11.8. The van der Waals surface area contributed by atoms with E-state index in [0.717, 1.165) is 12.0 Å². The first-order chi connectivity index (χ1) is 10.1. The molecule has 3 amide bonds. The van der Waals surface area contributed by atoms with E-state index in [9.17, 15) is 14.4 Å². The topological polar surface area (TPSA) is 84.5 Å². The molecule has 6 nitrogen and oxygen atoms in total. The van der Waals surface area contributed by atoms with E-state index in [2.05, 4.69) is 10.6 Å². The third-order valence-corrected chi connectivity index (χ3v) is 2.35.